The van der Waals surface area contributed by atoms with E-state index in [1.807, 2.05) is 38.1 Å². The van der Waals surface area contributed by atoms with Crippen LogP contribution in [0, 0.1) is 0 Å². The average molecular weight is 255 g/mol. The Labute approximate surface area is 106 Å². The van der Waals surface area contributed by atoms with E-state index in [1.54, 1.807) is 6.26 Å². The molecule has 4 heteroatoms. The third kappa shape index (κ3) is 4.88. The lowest BCUT2D eigenvalue weighted by atomic mass is 10.2. The maximum absolute atomic E-state index is 11.2. The molecular weight excluding hydrogens is 234 g/mol. The minimum absolute atomic E-state index is 0.175. The Kier molecular flexibility index (Phi) is 6.22. The first kappa shape index (κ1) is 14.2. The molecule has 0 aliphatic heterocycles. The molecule has 0 fully saturated rings. The van der Waals surface area contributed by atoms with Gasteiger partial charge in [-0.1, -0.05) is 18.2 Å². The number of para-hydroxylation sites is 1. The SMILES string of the molecule is CCOc1ccccc1CNCC(C)S(C)=O. The van der Waals surface area contributed by atoms with Gasteiger partial charge in [-0.25, -0.2) is 0 Å². The van der Waals surface area contributed by atoms with Crippen molar-refractivity contribution in [2.45, 2.75) is 25.6 Å². The van der Waals surface area contributed by atoms with Gasteiger partial charge in [-0.3, -0.25) is 4.21 Å². The third-order valence-corrected chi connectivity index (χ3v) is 3.89. The summed E-state index contributed by atoms with van der Waals surface area (Å²) in [5, 5.41) is 3.48. The van der Waals surface area contributed by atoms with E-state index < -0.39 is 10.8 Å². The fraction of sp³-hybridized carbons (Fsp3) is 0.538. The van der Waals surface area contributed by atoms with E-state index >= 15 is 0 Å². The van der Waals surface area contributed by atoms with Gasteiger partial charge in [0, 0.05) is 41.0 Å². The van der Waals surface area contributed by atoms with Crippen molar-refractivity contribution in [1.82, 2.24) is 5.32 Å². The molecule has 2 atom stereocenters. The van der Waals surface area contributed by atoms with Gasteiger partial charge in [0.2, 0.25) is 0 Å². The van der Waals surface area contributed by atoms with Crippen molar-refractivity contribution in [2.24, 2.45) is 0 Å². The van der Waals surface area contributed by atoms with E-state index in [1.165, 1.54) is 0 Å². The molecule has 1 N–H and O–H groups in total. The summed E-state index contributed by atoms with van der Waals surface area (Å²) in [4.78, 5) is 0. The zero-order valence-electron chi connectivity index (χ0n) is 10.7. The molecular formula is C13H21NO2S. The van der Waals surface area contributed by atoms with Crippen LogP contribution in [0.15, 0.2) is 24.3 Å². The Hall–Kier alpha value is -0.870. The van der Waals surface area contributed by atoms with Crippen molar-refractivity contribution >= 4 is 10.8 Å². The highest BCUT2D eigenvalue weighted by molar-refractivity contribution is 7.84. The van der Waals surface area contributed by atoms with E-state index in [0.29, 0.717) is 6.61 Å². The molecule has 1 rings (SSSR count). The van der Waals surface area contributed by atoms with Crippen LogP contribution in [0.25, 0.3) is 0 Å². The summed E-state index contributed by atoms with van der Waals surface area (Å²) in [6.45, 7) is 6.14. The second-order valence-electron chi connectivity index (χ2n) is 3.98. The predicted molar refractivity (Wildman–Crippen MR) is 72.8 cm³/mol. The molecule has 0 heterocycles. The minimum atomic E-state index is -0.771. The summed E-state index contributed by atoms with van der Waals surface area (Å²) >= 11 is 0. The average Bonchev–Trinajstić information content (AvgIpc) is 2.31. The Morgan fingerprint density at radius 2 is 2.12 bits per heavy atom. The molecule has 2 unspecified atom stereocenters. The van der Waals surface area contributed by atoms with Gasteiger partial charge >= 0.3 is 0 Å². The molecule has 0 aliphatic rings. The summed E-state index contributed by atoms with van der Waals surface area (Å²) < 4.78 is 16.7. The van der Waals surface area contributed by atoms with E-state index in [4.69, 9.17) is 4.74 Å². The van der Waals surface area contributed by atoms with Crippen molar-refractivity contribution in [2.75, 3.05) is 19.4 Å². The summed E-state index contributed by atoms with van der Waals surface area (Å²) in [5.74, 6) is 0.924. The lowest BCUT2D eigenvalue weighted by Crippen LogP contribution is -2.27. The van der Waals surface area contributed by atoms with Gasteiger partial charge in [0.05, 0.1) is 6.61 Å². The normalized spacial score (nSPS) is 14.3. The van der Waals surface area contributed by atoms with Crippen LogP contribution in [0.4, 0.5) is 0 Å². The molecule has 1 aromatic carbocycles. The van der Waals surface area contributed by atoms with Crippen LogP contribution in [0.1, 0.15) is 19.4 Å². The standard InChI is InChI=1S/C13H21NO2S/c1-4-16-13-8-6-5-7-12(13)10-14-9-11(2)17(3)15/h5-8,11,14H,4,9-10H2,1-3H3. The lowest BCUT2D eigenvalue weighted by molar-refractivity contribution is 0.335. The van der Waals surface area contributed by atoms with Crippen LogP contribution in [-0.2, 0) is 17.3 Å². The van der Waals surface area contributed by atoms with Crippen molar-refractivity contribution < 1.29 is 8.95 Å². The molecule has 0 spiro atoms. The van der Waals surface area contributed by atoms with Gasteiger partial charge in [-0.2, -0.15) is 0 Å². The first-order valence-electron chi connectivity index (χ1n) is 5.88. The Morgan fingerprint density at radius 3 is 2.76 bits per heavy atom. The van der Waals surface area contributed by atoms with Crippen molar-refractivity contribution in [3.05, 3.63) is 29.8 Å². The van der Waals surface area contributed by atoms with E-state index in [0.717, 1.165) is 24.4 Å². The Bertz CT molecular complexity index is 368. The number of benzene rings is 1. The maximum Gasteiger partial charge on any atom is 0.123 e. The van der Waals surface area contributed by atoms with Crippen LogP contribution in [0.5, 0.6) is 5.75 Å². The van der Waals surface area contributed by atoms with Crippen LogP contribution in [0.2, 0.25) is 0 Å². The van der Waals surface area contributed by atoms with Crippen LogP contribution >= 0.6 is 0 Å². The summed E-state index contributed by atoms with van der Waals surface area (Å²) in [6, 6.07) is 7.99. The van der Waals surface area contributed by atoms with Gasteiger partial charge in [0.25, 0.3) is 0 Å². The smallest absolute Gasteiger partial charge is 0.123 e. The van der Waals surface area contributed by atoms with Crippen LogP contribution < -0.4 is 10.1 Å². The van der Waals surface area contributed by atoms with Crippen LogP contribution in [-0.4, -0.2) is 28.9 Å². The summed E-state index contributed by atoms with van der Waals surface area (Å²) in [5.41, 5.74) is 1.14. The van der Waals surface area contributed by atoms with Crippen molar-refractivity contribution in [3.63, 3.8) is 0 Å². The minimum Gasteiger partial charge on any atom is -0.494 e. The summed E-state index contributed by atoms with van der Waals surface area (Å²) in [7, 11) is -0.771. The first-order valence-corrected chi connectivity index (χ1v) is 7.51. The van der Waals surface area contributed by atoms with Gasteiger partial charge < -0.3 is 10.1 Å². The number of ether oxygens (including phenoxy) is 1. The zero-order chi connectivity index (χ0) is 12.7. The predicted octanol–water partition coefficient (Wildman–Crippen LogP) is 1.94. The van der Waals surface area contributed by atoms with Crippen molar-refractivity contribution in [1.29, 1.82) is 0 Å². The van der Waals surface area contributed by atoms with E-state index in [9.17, 15) is 4.21 Å². The largest absolute Gasteiger partial charge is 0.494 e. The Morgan fingerprint density at radius 1 is 1.41 bits per heavy atom. The molecule has 17 heavy (non-hydrogen) atoms. The van der Waals surface area contributed by atoms with E-state index in [2.05, 4.69) is 5.32 Å². The number of hydrogen-bond donors (Lipinski definition) is 1. The molecule has 0 aromatic heterocycles. The lowest BCUT2D eigenvalue weighted by Gasteiger charge is -2.12. The van der Waals surface area contributed by atoms with Crippen molar-refractivity contribution in [3.8, 4) is 5.75 Å². The highest BCUT2D eigenvalue weighted by atomic mass is 32.2. The fourth-order valence-corrected chi connectivity index (χ4v) is 1.83. The van der Waals surface area contributed by atoms with Gasteiger partial charge in [0.15, 0.2) is 0 Å². The molecule has 0 radical (unpaired) electrons. The molecule has 1 aromatic rings. The van der Waals surface area contributed by atoms with Gasteiger partial charge in [-0.15, -0.1) is 0 Å². The number of hydrogen-bond acceptors (Lipinski definition) is 3. The maximum atomic E-state index is 11.2. The highest BCUT2D eigenvalue weighted by Gasteiger charge is 2.06. The summed E-state index contributed by atoms with van der Waals surface area (Å²) in [6.07, 6.45) is 1.74. The highest BCUT2D eigenvalue weighted by Crippen LogP contribution is 2.17. The monoisotopic (exact) mass is 255 g/mol. The zero-order valence-corrected chi connectivity index (χ0v) is 11.5. The topological polar surface area (TPSA) is 38.3 Å². The van der Waals surface area contributed by atoms with Gasteiger partial charge in [-0.05, 0) is 19.9 Å². The second kappa shape index (κ2) is 7.45. The fourth-order valence-electron chi connectivity index (χ4n) is 1.47. The molecule has 0 aliphatic carbocycles. The molecule has 0 saturated heterocycles. The number of nitrogens with one attached hydrogen (secondary N) is 1. The van der Waals surface area contributed by atoms with Gasteiger partial charge in [0.1, 0.15) is 5.75 Å². The quantitative estimate of drug-likeness (QED) is 0.809. The second-order valence-corrected chi connectivity index (χ2v) is 5.78. The molecule has 0 amide bonds. The number of rotatable bonds is 7. The van der Waals surface area contributed by atoms with E-state index in [-0.39, 0.29) is 5.25 Å². The molecule has 3 nitrogen and oxygen atoms in total. The molecule has 0 saturated carbocycles. The third-order valence-electron chi connectivity index (χ3n) is 2.59. The molecule has 0 bridgehead atoms. The first-order chi connectivity index (χ1) is 8.15. The van der Waals surface area contributed by atoms with Crippen LogP contribution in [0.3, 0.4) is 0 Å². The molecule has 96 valence electrons. The Balaban J connectivity index is 2.48.